The molecule has 0 amide bonds. The number of anilines is 1. The monoisotopic (exact) mass is 257 g/mol. The molecule has 2 N–H and O–H groups in total. The van der Waals surface area contributed by atoms with Gasteiger partial charge in [-0.2, -0.15) is 0 Å². The molecule has 0 aliphatic rings. The normalized spacial score (nSPS) is 10.2. The average molecular weight is 257 g/mol. The van der Waals surface area contributed by atoms with Crippen LogP contribution in [0.3, 0.4) is 0 Å². The van der Waals surface area contributed by atoms with E-state index in [-0.39, 0.29) is 0 Å². The van der Waals surface area contributed by atoms with E-state index in [0.717, 1.165) is 22.7 Å². The van der Waals surface area contributed by atoms with Gasteiger partial charge < -0.3 is 15.2 Å². The van der Waals surface area contributed by atoms with Gasteiger partial charge in [0.2, 0.25) is 0 Å². The Balaban J connectivity index is 1.79. The van der Waals surface area contributed by atoms with Crippen LogP contribution in [0.1, 0.15) is 11.1 Å². The zero-order valence-electron chi connectivity index (χ0n) is 11.3. The maximum Gasteiger partial charge on any atom is 0.122 e. The van der Waals surface area contributed by atoms with Crippen molar-refractivity contribution in [3.8, 4) is 11.5 Å². The lowest BCUT2D eigenvalue weighted by Gasteiger charge is -2.10. The first-order valence-electron chi connectivity index (χ1n) is 6.33. The summed E-state index contributed by atoms with van der Waals surface area (Å²) in [5.41, 5.74) is 8.81. The van der Waals surface area contributed by atoms with E-state index in [9.17, 15) is 0 Å². The maximum atomic E-state index is 5.82. The molecule has 2 rings (SSSR count). The van der Waals surface area contributed by atoms with E-state index in [0.29, 0.717) is 13.2 Å². The predicted molar refractivity (Wildman–Crippen MR) is 77.8 cm³/mol. The van der Waals surface area contributed by atoms with Crippen molar-refractivity contribution in [2.45, 2.75) is 13.8 Å². The summed E-state index contributed by atoms with van der Waals surface area (Å²) in [6.07, 6.45) is 0. The van der Waals surface area contributed by atoms with Crippen molar-refractivity contribution >= 4 is 5.69 Å². The van der Waals surface area contributed by atoms with Crippen LogP contribution in [0.2, 0.25) is 0 Å². The Morgan fingerprint density at radius 3 is 2.21 bits per heavy atom. The topological polar surface area (TPSA) is 44.5 Å². The molecule has 19 heavy (non-hydrogen) atoms. The van der Waals surface area contributed by atoms with E-state index in [1.807, 2.05) is 56.3 Å². The number of nitrogen functional groups attached to an aromatic ring is 1. The highest BCUT2D eigenvalue weighted by molar-refractivity contribution is 5.50. The van der Waals surface area contributed by atoms with Crippen molar-refractivity contribution in [2.24, 2.45) is 0 Å². The lowest BCUT2D eigenvalue weighted by atomic mass is 10.2. The van der Waals surface area contributed by atoms with Crippen LogP contribution in [0.25, 0.3) is 0 Å². The van der Waals surface area contributed by atoms with Gasteiger partial charge in [0.05, 0.1) is 0 Å². The highest BCUT2D eigenvalue weighted by atomic mass is 16.5. The molecule has 0 saturated heterocycles. The average Bonchev–Trinajstić information content (AvgIpc) is 2.39. The molecule has 2 aromatic carbocycles. The Morgan fingerprint density at radius 2 is 1.58 bits per heavy atom. The van der Waals surface area contributed by atoms with Gasteiger partial charge >= 0.3 is 0 Å². The van der Waals surface area contributed by atoms with Crippen LogP contribution >= 0.6 is 0 Å². The lowest BCUT2D eigenvalue weighted by Crippen LogP contribution is -2.09. The smallest absolute Gasteiger partial charge is 0.122 e. The van der Waals surface area contributed by atoms with E-state index in [1.165, 1.54) is 5.56 Å². The highest BCUT2D eigenvalue weighted by Gasteiger charge is 1.98. The van der Waals surface area contributed by atoms with Crippen LogP contribution in [-0.2, 0) is 0 Å². The van der Waals surface area contributed by atoms with E-state index >= 15 is 0 Å². The minimum absolute atomic E-state index is 0.496. The minimum Gasteiger partial charge on any atom is -0.490 e. The van der Waals surface area contributed by atoms with Gasteiger partial charge in [-0.1, -0.05) is 18.2 Å². The third-order valence-electron chi connectivity index (χ3n) is 2.86. The first-order valence-corrected chi connectivity index (χ1v) is 6.33. The van der Waals surface area contributed by atoms with Crippen LogP contribution in [-0.4, -0.2) is 13.2 Å². The third-order valence-corrected chi connectivity index (χ3v) is 2.86. The van der Waals surface area contributed by atoms with Gasteiger partial charge in [-0.3, -0.25) is 0 Å². The fourth-order valence-corrected chi connectivity index (χ4v) is 1.73. The fraction of sp³-hybridized carbons (Fsp3) is 0.250. The maximum absolute atomic E-state index is 5.82. The predicted octanol–water partition coefficient (Wildman–Crippen LogP) is 3.34. The third kappa shape index (κ3) is 3.91. The second kappa shape index (κ2) is 6.14. The quantitative estimate of drug-likeness (QED) is 0.660. The van der Waals surface area contributed by atoms with Crippen molar-refractivity contribution in [1.29, 1.82) is 0 Å². The zero-order valence-corrected chi connectivity index (χ0v) is 11.3. The van der Waals surface area contributed by atoms with Crippen molar-refractivity contribution in [3.05, 3.63) is 53.6 Å². The van der Waals surface area contributed by atoms with Gasteiger partial charge in [-0.15, -0.1) is 0 Å². The van der Waals surface area contributed by atoms with Crippen LogP contribution in [0.15, 0.2) is 42.5 Å². The van der Waals surface area contributed by atoms with Gasteiger partial charge in [0.15, 0.2) is 0 Å². The molecular weight excluding hydrogens is 238 g/mol. The van der Waals surface area contributed by atoms with Gasteiger partial charge in [-0.05, 0) is 43.2 Å². The molecule has 0 bridgehead atoms. The van der Waals surface area contributed by atoms with Crippen LogP contribution in [0.4, 0.5) is 5.69 Å². The summed E-state index contributed by atoms with van der Waals surface area (Å²) in [4.78, 5) is 0. The summed E-state index contributed by atoms with van der Waals surface area (Å²) in [6.45, 7) is 5.02. The zero-order chi connectivity index (χ0) is 13.7. The van der Waals surface area contributed by atoms with Crippen molar-refractivity contribution in [3.63, 3.8) is 0 Å². The van der Waals surface area contributed by atoms with Gasteiger partial charge in [0.1, 0.15) is 24.7 Å². The Kier molecular flexibility index (Phi) is 4.29. The molecule has 0 heterocycles. The van der Waals surface area contributed by atoms with Gasteiger partial charge in [0, 0.05) is 11.8 Å². The molecule has 100 valence electrons. The number of aryl methyl sites for hydroxylation is 2. The molecule has 2 aromatic rings. The number of hydrogen-bond donors (Lipinski definition) is 1. The molecule has 3 nitrogen and oxygen atoms in total. The Morgan fingerprint density at radius 1 is 0.895 bits per heavy atom. The minimum atomic E-state index is 0.496. The fourth-order valence-electron chi connectivity index (χ4n) is 1.73. The summed E-state index contributed by atoms with van der Waals surface area (Å²) >= 11 is 0. The number of rotatable bonds is 5. The summed E-state index contributed by atoms with van der Waals surface area (Å²) < 4.78 is 11.2. The van der Waals surface area contributed by atoms with Gasteiger partial charge in [0.25, 0.3) is 0 Å². The Hall–Kier alpha value is -2.16. The van der Waals surface area contributed by atoms with E-state index in [4.69, 9.17) is 15.2 Å². The molecule has 0 spiro atoms. The van der Waals surface area contributed by atoms with E-state index in [1.54, 1.807) is 0 Å². The molecule has 0 aliphatic carbocycles. The Bertz CT molecular complexity index is 552. The van der Waals surface area contributed by atoms with Crippen molar-refractivity contribution in [2.75, 3.05) is 18.9 Å². The lowest BCUT2D eigenvalue weighted by molar-refractivity contribution is 0.217. The first kappa shape index (κ1) is 13.3. The van der Waals surface area contributed by atoms with Crippen LogP contribution in [0, 0.1) is 13.8 Å². The second-order valence-corrected chi connectivity index (χ2v) is 4.53. The number of ether oxygens (including phenoxy) is 2. The highest BCUT2D eigenvalue weighted by Crippen LogP contribution is 2.19. The second-order valence-electron chi connectivity index (χ2n) is 4.53. The van der Waals surface area contributed by atoms with Crippen LogP contribution in [0.5, 0.6) is 11.5 Å². The molecule has 0 aromatic heterocycles. The van der Waals surface area contributed by atoms with E-state index < -0.39 is 0 Å². The number of nitrogens with two attached hydrogens (primary N) is 1. The summed E-state index contributed by atoms with van der Waals surface area (Å²) in [6, 6.07) is 13.7. The van der Waals surface area contributed by atoms with Crippen molar-refractivity contribution in [1.82, 2.24) is 0 Å². The number of benzene rings is 2. The molecule has 0 atom stereocenters. The standard InChI is InChI=1S/C16H19NO2/c1-12-4-3-5-14(10-12)18-8-9-19-15-7-6-13(2)16(17)11-15/h3-7,10-11H,8-9,17H2,1-2H3. The van der Waals surface area contributed by atoms with Crippen LogP contribution < -0.4 is 15.2 Å². The van der Waals surface area contributed by atoms with Gasteiger partial charge in [-0.25, -0.2) is 0 Å². The molecule has 0 aliphatic heterocycles. The summed E-state index contributed by atoms with van der Waals surface area (Å²) in [5, 5.41) is 0. The summed E-state index contributed by atoms with van der Waals surface area (Å²) in [7, 11) is 0. The largest absolute Gasteiger partial charge is 0.490 e. The van der Waals surface area contributed by atoms with E-state index in [2.05, 4.69) is 0 Å². The first-order chi connectivity index (χ1) is 9.15. The molecule has 0 fully saturated rings. The molecule has 0 unspecified atom stereocenters. The summed E-state index contributed by atoms with van der Waals surface area (Å²) in [5.74, 6) is 1.64. The molecule has 3 heteroatoms. The molecule has 0 saturated carbocycles. The number of hydrogen-bond acceptors (Lipinski definition) is 3. The Labute approximate surface area is 114 Å². The molecule has 0 radical (unpaired) electrons. The molecular formula is C16H19NO2. The van der Waals surface area contributed by atoms with Crippen molar-refractivity contribution < 1.29 is 9.47 Å². The SMILES string of the molecule is Cc1cccc(OCCOc2ccc(C)c(N)c2)c1.